The number of rotatable bonds is 6. The number of likely N-dealkylation sites (tertiary alicyclic amines) is 1. The van der Waals surface area contributed by atoms with E-state index in [1.54, 1.807) is 24.5 Å². The van der Waals surface area contributed by atoms with Gasteiger partial charge in [0.25, 0.3) is 0 Å². The first-order valence-electron chi connectivity index (χ1n) is 10.7. The molecule has 3 N–H and O–H groups in total. The summed E-state index contributed by atoms with van der Waals surface area (Å²) in [5.41, 5.74) is 7.84. The fourth-order valence-electron chi connectivity index (χ4n) is 4.06. The molecule has 0 bridgehead atoms. The van der Waals surface area contributed by atoms with Gasteiger partial charge in [0.15, 0.2) is 0 Å². The van der Waals surface area contributed by atoms with Gasteiger partial charge in [0, 0.05) is 42.2 Å². The van der Waals surface area contributed by atoms with Crippen LogP contribution in [0.5, 0.6) is 5.75 Å². The fraction of sp³-hybridized carbons (Fsp3) is 0.292. The Kier molecular flexibility index (Phi) is 7.09. The Balaban J connectivity index is 1.36. The summed E-state index contributed by atoms with van der Waals surface area (Å²) in [4.78, 5) is 22.9. The summed E-state index contributed by atoms with van der Waals surface area (Å²) in [6.07, 6.45) is 5.18. The van der Waals surface area contributed by atoms with E-state index in [9.17, 15) is 13.6 Å². The number of amides is 2. The predicted molar refractivity (Wildman–Crippen MR) is 123 cm³/mol. The molecule has 3 aromatic rings. The first-order chi connectivity index (χ1) is 16.0. The lowest BCUT2D eigenvalue weighted by molar-refractivity contribution is -0.0498. The van der Waals surface area contributed by atoms with Crippen molar-refractivity contribution in [2.24, 2.45) is 16.6 Å². The van der Waals surface area contributed by atoms with Gasteiger partial charge in [0.2, 0.25) is 0 Å². The summed E-state index contributed by atoms with van der Waals surface area (Å²) in [5.74, 6) is 0.401. The van der Waals surface area contributed by atoms with Crippen LogP contribution in [0.2, 0.25) is 0 Å². The molecular formula is C24H25F2N5O2. The van der Waals surface area contributed by atoms with Crippen LogP contribution in [0.3, 0.4) is 0 Å². The Labute approximate surface area is 190 Å². The Hall–Kier alpha value is -3.59. The standard InChI is InChI=1S/C24H25F2N5O2/c25-23(26)33-19-8-6-16(7-9-19)14-31-12-2-4-18(15-31)22(27)30-24(32)29-21-5-1-3-17-13-28-11-10-20(17)21/h1,3,5-11,13,18,23H,2,4,12,14-15H2,(H3,27,29,30,32). The Morgan fingerprint density at radius 1 is 1.24 bits per heavy atom. The number of hydrogen-bond acceptors (Lipinski definition) is 4. The Bertz CT molecular complexity index is 1130. The largest absolute Gasteiger partial charge is 0.435 e. The van der Waals surface area contributed by atoms with E-state index in [1.165, 1.54) is 12.1 Å². The van der Waals surface area contributed by atoms with E-state index >= 15 is 0 Å². The summed E-state index contributed by atoms with van der Waals surface area (Å²) < 4.78 is 29.0. The van der Waals surface area contributed by atoms with E-state index in [-0.39, 0.29) is 11.7 Å². The monoisotopic (exact) mass is 453 g/mol. The summed E-state index contributed by atoms with van der Waals surface area (Å²) in [6, 6.07) is 13.5. The van der Waals surface area contributed by atoms with Crippen LogP contribution in [-0.2, 0) is 6.54 Å². The number of nitrogens with zero attached hydrogens (tertiary/aromatic N) is 3. The second kappa shape index (κ2) is 10.4. The van der Waals surface area contributed by atoms with Crippen LogP contribution in [0.25, 0.3) is 10.8 Å². The van der Waals surface area contributed by atoms with Crippen LogP contribution in [0.1, 0.15) is 18.4 Å². The Morgan fingerprint density at radius 3 is 2.85 bits per heavy atom. The van der Waals surface area contributed by atoms with Crippen molar-refractivity contribution < 1.29 is 18.3 Å². The van der Waals surface area contributed by atoms with Crippen molar-refractivity contribution in [1.29, 1.82) is 0 Å². The molecule has 1 fully saturated rings. The van der Waals surface area contributed by atoms with Crippen LogP contribution >= 0.6 is 0 Å². The van der Waals surface area contributed by atoms with E-state index in [0.29, 0.717) is 24.6 Å². The minimum Gasteiger partial charge on any atom is -0.435 e. The lowest BCUT2D eigenvalue weighted by Crippen LogP contribution is -2.41. The highest BCUT2D eigenvalue weighted by Crippen LogP contribution is 2.23. The number of alkyl halides is 2. The maximum absolute atomic E-state index is 12.5. The molecule has 4 rings (SSSR count). The molecule has 0 saturated carbocycles. The van der Waals surface area contributed by atoms with Crippen molar-refractivity contribution >= 4 is 28.3 Å². The van der Waals surface area contributed by atoms with E-state index < -0.39 is 12.6 Å². The number of fused-ring (bicyclic) bond motifs is 1. The summed E-state index contributed by atoms with van der Waals surface area (Å²) >= 11 is 0. The number of nitrogens with two attached hydrogens (primary N) is 1. The minimum atomic E-state index is -2.84. The number of piperidine rings is 1. The SMILES string of the molecule is N/C(=N\C(=O)Nc1cccc2cnccc12)C1CCCN(Cc2ccc(OC(F)F)cc2)C1. The molecule has 9 heteroatoms. The molecule has 33 heavy (non-hydrogen) atoms. The number of aliphatic imine (C=N–C) groups is 1. The van der Waals surface area contributed by atoms with Crippen molar-refractivity contribution in [3.8, 4) is 5.75 Å². The molecule has 1 aromatic heterocycles. The van der Waals surface area contributed by atoms with Crippen LogP contribution in [0.15, 0.2) is 65.9 Å². The zero-order chi connectivity index (χ0) is 23.2. The fourth-order valence-corrected chi connectivity index (χ4v) is 4.06. The molecule has 1 unspecified atom stereocenters. The maximum Gasteiger partial charge on any atom is 0.387 e. The van der Waals surface area contributed by atoms with E-state index in [4.69, 9.17) is 5.73 Å². The molecule has 2 aromatic carbocycles. The van der Waals surface area contributed by atoms with Gasteiger partial charge in [-0.1, -0.05) is 24.3 Å². The van der Waals surface area contributed by atoms with E-state index in [2.05, 4.69) is 24.9 Å². The summed E-state index contributed by atoms with van der Waals surface area (Å²) in [7, 11) is 0. The molecule has 172 valence electrons. The van der Waals surface area contributed by atoms with Gasteiger partial charge in [-0.15, -0.1) is 0 Å². The number of ether oxygens (including phenoxy) is 1. The summed E-state index contributed by atoms with van der Waals surface area (Å²) in [6.45, 7) is -0.641. The molecular weight excluding hydrogens is 428 g/mol. The lowest BCUT2D eigenvalue weighted by atomic mass is 9.96. The third-order valence-corrected chi connectivity index (χ3v) is 5.63. The molecule has 2 heterocycles. The average Bonchev–Trinajstić information content (AvgIpc) is 2.80. The topological polar surface area (TPSA) is 92.8 Å². The third kappa shape index (κ3) is 6.01. The second-order valence-electron chi connectivity index (χ2n) is 7.97. The smallest absolute Gasteiger partial charge is 0.387 e. The molecule has 0 aliphatic carbocycles. The molecule has 2 amide bonds. The maximum atomic E-state index is 12.5. The number of aromatic nitrogens is 1. The molecule has 1 saturated heterocycles. The first-order valence-corrected chi connectivity index (χ1v) is 10.7. The normalized spacial score (nSPS) is 17.3. The number of carbonyl (C=O) groups excluding carboxylic acids is 1. The lowest BCUT2D eigenvalue weighted by Gasteiger charge is -2.32. The highest BCUT2D eigenvalue weighted by molar-refractivity contribution is 6.05. The van der Waals surface area contributed by atoms with Crippen LogP contribution in [0, 0.1) is 5.92 Å². The van der Waals surface area contributed by atoms with E-state index in [1.807, 2.05) is 24.3 Å². The highest BCUT2D eigenvalue weighted by Gasteiger charge is 2.23. The molecule has 1 aliphatic heterocycles. The van der Waals surface area contributed by atoms with Crippen molar-refractivity contribution in [3.05, 3.63) is 66.5 Å². The van der Waals surface area contributed by atoms with Crippen molar-refractivity contribution in [3.63, 3.8) is 0 Å². The zero-order valence-corrected chi connectivity index (χ0v) is 18.0. The van der Waals surface area contributed by atoms with Gasteiger partial charge in [-0.05, 0) is 49.2 Å². The van der Waals surface area contributed by atoms with Gasteiger partial charge in [0.05, 0.1) is 5.69 Å². The van der Waals surface area contributed by atoms with Gasteiger partial charge < -0.3 is 15.8 Å². The first kappa shape index (κ1) is 22.6. The Morgan fingerprint density at radius 2 is 2.06 bits per heavy atom. The minimum absolute atomic E-state index is 0.0392. The van der Waals surface area contributed by atoms with Crippen LogP contribution in [-0.4, -0.2) is 41.5 Å². The number of pyridine rings is 1. The van der Waals surface area contributed by atoms with Gasteiger partial charge in [-0.3, -0.25) is 9.88 Å². The van der Waals surface area contributed by atoms with Gasteiger partial charge >= 0.3 is 12.6 Å². The summed E-state index contributed by atoms with van der Waals surface area (Å²) in [5, 5.41) is 4.61. The van der Waals surface area contributed by atoms with Crippen molar-refractivity contribution in [1.82, 2.24) is 9.88 Å². The number of carbonyl (C=O) groups is 1. The van der Waals surface area contributed by atoms with Crippen LogP contribution in [0.4, 0.5) is 19.3 Å². The number of anilines is 1. The van der Waals surface area contributed by atoms with Gasteiger partial charge in [-0.25, -0.2) is 4.79 Å². The third-order valence-electron chi connectivity index (χ3n) is 5.63. The zero-order valence-electron chi connectivity index (χ0n) is 18.0. The predicted octanol–water partition coefficient (Wildman–Crippen LogP) is 4.64. The second-order valence-corrected chi connectivity index (χ2v) is 7.97. The van der Waals surface area contributed by atoms with Crippen molar-refractivity contribution in [2.45, 2.75) is 26.0 Å². The number of benzene rings is 2. The molecule has 0 spiro atoms. The number of urea groups is 1. The van der Waals surface area contributed by atoms with Crippen LogP contribution < -0.4 is 15.8 Å². The van der Waals surface area contributed by atoms with E-state index in [0.717, 1.165) is 35.7 Å². The van der Waals surface area contributed by atoms with Gasteiger partial charge in [-0.2, -0.15) is 13.8 Å². The number of halogens is 2. The number of nitrogens with one attached hydrogen (secondary N) is 1. The number of amidine groups is 1. The average molecular weight is 453 g/mol. The quantitative estimate of drug-likeness (QED) is 0.419. The highest BCUT2D eigenvalue weighted by atomic mass is 19.3. The molecule has 7 nitrogen and oxygen atoms in total. The van der Waals surface area contributed by atoms with Gasteiger partial charge in [0.1, 0.15) is 11.6 Å². The molecule has 1 aliphatic rings. The van der Waals surface area contributed by atoms with Crippen molar-refractivity contribution in [2.75, 3.05) is 18.4 Å². The molecule has 0 radical (unpaired) electrons. The molecule has 1 atom stereocenters. The number of hydrogen-bond donors (Lipinski definition) is 2.